The van der Waals surface area contributed by atoms with Gasteiger partial charge in [-0.1, -0.05) is 0 Å². The van der Waals surface area contributed by atoms with Gasteiger partial charge >= 0.3 is 5.63 Å². The quantitative estimate of drug-likeness (QED) is 0.445. The van der Waals surface area contributed by atoms with Gasteiger partial charge in [-0.25, -0.2) is 9.78 Å². The summed E-state index contributed by atoms with van der Waals surface area (Å²) in [6.45, 7) is 0. The van der Waals surface area contributed by atoms with E-state index in [0.29, 0.717) is 22.8 Å². The highest BCUT2D eigenvalue weighted by molar-refractivity contribution is 7.99. The van der Waals surface area contributed by atoms with Crippen molar-refractivity contribution in [2.24, 2.45) is 0 Å². The Balaban J connectivity index is 1.23. The molecule has 7 nitrogen and oxygen atoms in total. The second kappa shape index (κ2) is 8.32. The van der Waals surface area contributed by atoms with Crippen molar-refractivity contribution in [1.82, 2.24) is 9.97 Å². The minimum absolute atomic E-state index is 0.0766. The van der Waals surface area contributed by atoms with Gasteiger partial charge in [0.05, 0.1) is 16.9 Å². The van der Waals surface area contributed by atoms with E-state index in [1.165, 1.54) is 34.7 Å². The number of carbonyl (C=O) groups is 1. The lowest BCUT2D eigenvalue weighted by molar-refractivity contribution is -0.113. The fourth-order valence-electron chi connectivity index (χ4n) is 3.86. The highest BCUT2D eigenvalue weighted by Crippen LogP contribution is 2.33. The third-order valence-electron chi connectivity index (χ3n) is 5.25. The van der Waals surface area contributed by atoms with Gasteiger partial charge in [0.1, 0.15) is 16.2 Å². The van der Waals surface area contributed by atoms with E-state index < -0.39 is 5.63 Å². The topological polar surface area (TPSA) is 105 Å². The molecule has 0 saturated heterocycles. The lowest BCUT2D eigenvalue weighted by Gasteiger charge is -2.09. The van der Waals surface area contributed by atoms with Crippen LogP contribution in [0.5, 0.6) is 0 Å². The zero-order valence-corrected chi connectivity index (χ0v) is 18.2. The number of nitrogens with one attached hydrogen (secondary N) is 2. The molecule has 9 heteroatoms. The highest BCUT2D eigenvalue weighted by atomic mass is 32.2. The van der Waals surface area contributed by atoms with E-state index in [1.54, 1.807) is 35.6 Å². The third-order valence-corrected chi connectivity index (χ3v) is 7.38. The molecule has 1 aliphatic rings. The molecule has 0 radical (unpaired) electrons. The van der Waals surface area contributed by atoms with Crippen molar-refractivity contribution in [1.29, 1.82) is 0 Å². The molecule has 0 unspecified atom stereocenters. The Kier molecular flexibility index (Phi) is 5.37. The predicted molar refractivity (Wildman–Crippen MR) is 124 cm³/mol. The van der Waals surface area contributed by atoms with Crippen molar-refractivity contribution in [3.05, 3.63) is 67.4 Å². The summed E-state index contributed by atoms with van der Waals surface area (Å²) in [5.74, 6) is 1.11. The molecule has 3 heterocycles. The van der Waals surface area contributed by atoms with E-state index in [-0.39, 0.29) is 17.2 Å². The van der Waals surface area contributed by atoms with Crippen LogP contribution in [0.15, 0.2) is 44.3 Å². The van der Waals surface area contributed by atoms with Crippen LogP contribution in [0.2, 0.25) is 0 Å². The number of fused-ring (bicyclic) bond motifs is 4. The van der Waals surface area contributed by atoms with E-state index in [2.05, 4.69) is 15.3 Å². The van der Waals surface area contributed by atoms with Crippen LogP contribution in [-0.2, 0) is 23.4 Å². The lowest BCUT2D eigenvalue weighted by atomic mass is 9.97. The number of thiophene rings is 1. The smallest absolute Gasteiger partial charge is 0.336 e. The largest absolute Gasteiger partial charge is 0.423 e. The number of benzene rings is 1. The van der Waals surface area contributed by atoms with Crippen LogP contribution in [0.1, 0.15) is 29.1 Å². The highest BCUT2D eigenvalue weighted by Gasteiger charge is 2.19. The SMILES string of the molecule is O=C(CSCc1nc2sc3c(c2c(=O)[nH]1)CCCC3)Nc1ccc2oc(=O)ccc2c1. The molecule has 0 fully saturated rings. The molecule has 4 aromatic rings. The maximum atomic E-state index is 12.6. The Labute approximate surface area is 184 Å². The normalized spacial score (nSPS) is 13.4. The van der Waals surface area contributed by atoms with Gasteiger partial charge in [-0.2, -0.15) is 0 Å². The third kappa shape index (κ3) is 4.15. The van der Waals surface area contributed by atoms with Crippen molar-refractivity contribution >= 4 is 55.9 Å². The van der Waals surface area contributed by atoms with Gasteiger partial charge in [-0.15, -0.1) is 23.1 Å². The van der Waals surface area contributed by atoms with Gasteiger partial charge in [-0.05, 0) is 55.5 Å². The second-order valence-electron chi connectivity index (χ2n) is 7.45. The van der Waals surface area contributed by atoms with Crippen LogP contribution in [-0.4, -0.2) is 21.6 Å². The van der Waals surface area contributed by atoms with Crippen molar-refractivity contribution in [3.63, 3.8) is 0 Å². The van der Waals surface area contributed by atoms with Crippen LogP contribution in [0, 0.1) is 0 Å². The van der Waals surface area contributed by atoms with Crippen molar-refractivity contribution in [2.75, 3.05) is 11.1 Å². The molecule has 31 heavy (non-hydrogen) atoms. The Hall–Kier alpha value is -2.91. The summed E-state index contributed by atoms with van der Waals surface area (Å²) in [6, 6.07) is 8.11. The molecular weight excluding hydrogens is 434 g/mol. The number of thioether (sulfide) groups is 1. The fraction of sp³-hybridized carbons (Fsp3) is 0.273. The molecular formula is C22H19N3O4S2. The maximum Gasteiger partial charge on any atom is 0.336 e. The number of aryl methyl sites for hydroxylation is 2. The molecule has 158 valence electrons. The summed E-state index contributed by atoms with van der Waals surface area (Å²) in [5.41, 5.74) is 1.79. The first-order chi connectivity index (χ1) is 15.1. The molecule has 5 rings (SSSR count). The van der Waals surface area contributed by atoms with Gasteiger partial charge in [0.25, 0.3) is 5.56 Å². The van der Waals surface area contributed by atoms with Crippen LogP contribution < -0.4 is 16.5 Å². The van der Waals surface area contributed by atoms with Crippen molar-refractivity contribution < 1.29 is 9.21 Å². The van der Waals surface area contributed by atoms with E-state index in [1.807, 2.05) is 0 Å². The number of aromatic amines is 1. The summed E-state index contributed by atoms with van der Waals surface area (Å²) in [6.07, 6.45) is 4.27. The predicted octanol–water partition coefficient (Wildman–Crippen LogP) is 3.84. The Morgan fingerprint density at radius 3 is 2.97 bits per heavy atom. The Morgan fingerprint density at radius 2 is 2.06 bits per heavy atom. The van der Waals surface area contributed by atoms with Crippen LogP contribution >= 0.6 is 23.1 Å². The van der Waals surface area contributed by atoms with Crippen LogP contribution in [0.3, 0.4) is 0 Å². The first-order valence-electron chi connectivity index (χ1n) is 10.0. The van der Waals surface area contributed by atoms with Gasteiger partial charge in [0, 0.05) is 22.0 Å². The molecule has 1 aliphatic carbocycles. The van der Waals surface area contributed by atoms with E-state index in [9.17, 15) is 14.4 Å². The number of hydrogen-bond acceptors (Lipinski definition) is 7. The summed E-state index contributed by atoms with van der Waals surface area (Å²) in [7, 11) is 0. The second-order valence-corrected chi connectivity index (χ2v) is 9.52. The van der Waals surface area contributed by atoms with E-state index in [0.717, 1.165) is 34.9 Å². The number of rotatable bonds is 5. The minimum atomic E-state index is -0.409. The molecule has 1 aromatic carbocycles. The standard InChI is InChI=1S/C22H19N3O4S2/c26-18(23-13-6-7-15-12(9-13)5-8-19(27)29-15)11-30-10-17-24-21(28)20-14-3-1-2-4-16(14)31-22(20)25-17/h5-9H,1-4,10-11H2,(H,23,26)(H,24,25,28). The zero-order chi connectivity index (χ0) is 21.4. The van der Waals surface area contributed by atoms with Crippen molar-refractivity contribution in [3.8, 4) is 0 Å². The van der Waals surface area contributed by atoms with Crippen LogP contribution in [0.4, 0.5) is 5.69 Å². The van der Waals surface area contributed by atoms with Gasteiger partial charge in [0.15, 0.2) is 0 Å². The minimum Gasteiger partial charge on any atom is -0.423 e. The molecule has 0 aliphatic heterocycles. The first kappa shape index (κ1) is 20.0. The molecule has 1 amide bonds. The van der Waals surface area contributed by atoms with Gasteiger partial charge in [0.2, 0.25) is 5.91 Å². The average Bonchev–Trinajstić information content (AvgIpc) is 3.12. The van der Waals surface area contributed by atoms with Crippen molar-refractivity contribution in [2.45, 2.75) is 31.4 Å². The Bertz CT molecular complexity index is 1420. The number of aromatic nitrogens is 2. The molecule has 3 aromatic heterocycles. The van der Waals surface area contributed by atoms with E-state index in [4.69, 9.17) is 4.42 Å². The number of nitrogens with zero attached hydrogens (tertiary/aromatic N) is 1. The van der Waals surface area contributed by atoms with Gasteiger partial charge < -0.3 is 14.7 Å². The zero-order valence-electron chi connectivity index (χ0n) is 16.5. The van der Waals surface area contributed by atoms with Crippen LogP contribution in [0.25, 0.3) is 21.2 Å². The number of amides is 1. The fourth-order valence-corrected chi connectivity index (χ4v) is 5.83. The summed E-state index contributed by atoms with van der Waals surface area (Å²) in [5, 5.41) is 4.32. The summed E-state index contributed by atoms with van der Waals surface area (Å²) >= 11 is 3.02. The molecule has 0 atom stereocenters. The van der Waals surface area contributed by atoms with E-state index >= 15 is 0 Å². The Morgan fingerprint density at radius 1 is 1.19 bits per heavy atom. The first-order valence-corrected chi connectivity index (χ1v) is 12.0. The number of hydrogen-bond donors (Lipinski definition) is 2. The monoisotopic (exact) mass is 453 g/mol. The van der Waals surface area contributed by atoms with Gasteiger partial charge in [-0.3, -0.25) is 9.59 Å². The molecule has 2 N–H and O–H groups in total. The number of H-pyrrole nitrogens is 1. The number of carbonyl (C=O) groups excluding carboxylic acids is 1. The summed E-state index contributed by atoms with van der Waals surface area (Å²) < 4.78 is 5.09. The lowest BCUT2D eigenvalue weighted by Crippen LogP contribution is -2.15. The number of anilines is 1. The molecule has 0 spiro atoms. The molecule has 0 saturated carbocycles. The summed E-state index contributed by atoms with van der Waals surface area (Å²) in [4.78, 5) is 45.8. The average molecular weight is 454 g/mol. The maximum absolute atomic E-state index is 12.6. The molecule has 0 bridgehead atoms.